The molecule has 6 heteroatoms. The first-order valence-electron chi connectivity index (χ1n) is 5.24. The second kappa shape index (κ2) is 4.01. The first-order chi connectivity index (χ1) is 7.50. The van der Waals surface area contributed by atoms with Crippen LogP contribution in [0.4, 0.5) is 5.82 Å². The van der Waals surface area contributed by atoms with Crippen LogP contribution in [0.1, 0.15) is 23.9 Å². The van der Waals surface area contributed by atoms with E-state index in [-0.39, 0.29) is 17.4 Å². The highest BCUT2D eigenvalue weighted by molar-refractivity contribution is 7.91. The van der Waals surface area contributed by atoms with Crippen LogP contribution >= 0.6 is 0 Å². The van der Waals surface area contributed by atoms with E-state index < -0.39 is 9.84 Å². The van der Waals surface area contributed by atoms with Crippen LogP contribution in [0.2, 0.25) is 0 Å². The fourth-order valence-electron chi connectivity index (χ4n) is 1.90. The molecule has 5 nitrogen and oxygen atoms in total. The summed E-state index contributed by atoms with van der Waals surface area (Å²) in [5.74, 6) is 1.78. The van der Waals surface area contributed by atoms with Gasteiger partial charge in [0.15, 0.2) is 9.84 Å². The van der Waals surface area contributed by atoms with Gasteiger partial charge in [-0.3, -0.25) is 0 Å². The lowest BCUT2D eigenvalue weighted by molar-refractivity contribution is 0.601. The number of nitrogens with zero attached hydrogens (tertiary/aromatic N) is 2. The zero-order valence-corrected chi connectivity index (χ0v) is 10.2. The van der Waals surface area contributed by atoms with Crippen molar-refractivity contribution in [3.05, 3.63) is 17.6 Å². The van der Waals surface area contributed by atoms with Gasteiger partial charge in [0.2, 0.25) is 0 Å². The van der Waals surface area contributed by atoms with Crippen molar-refractivity contribution in [1.82, 2.24) is 9.97 Å². The largest absolute Gasteiger partial charge is 0.373 e. The lowest BCUT2D eigenvalue weighted by atomic mass is 10.1. The van der Waals surface area contributed by atoms with Gasteiger partial charge < -0.3 is 5.32 Å². The molecule has 1 saturated heterocycles. The van der Waals surface area contributed by atoms with Crippen molar-refractivity contribution in [3.63, 3.8) is 0 Å². The molecule has 0 saturated carbocycles. The molecular weight excluding hydrogens is 226 g/mol. The summed E-state index contributed by atoms with van der Waals surface area (Å²) in [5, 5.41) is 2.95. The van der Waals surface area contributed by atoms with E-state index in [0.717, 1.165) is 11.5 Å². The molecule has 1 aliphatic heterocycles. The van der Waals surface area contributed by atoms with Crippen molar-refractivity contribution >= 4 is 15.7 Å². The summed E-state index contributed by atoms with van der Waals surface area (Å²) in [7, 11) is -1.09. The minimum atomic E-state index is -2.88. The highest BCUT2D eigenvalue weighted by Crippen LogP contribution is 2.27. The third kappa shape index (κ3) is 2.32. The Hall–Kier alpha value is -1.17. The Kier molecular flexibility index (Phi) is 2.84. The summed E-state index contributed by atoms with van der Waals surface area (Å²) < 4.78 is 22.8. The lowest BCUT2D eigenvalue weighted by Crippen LogP contribution is -2.09. The van der Waals surface area contributed by atoms with Crippen molar-refractivity contribution in [2.24, 2.45) is 0 Å². The SMILES string of the molecule is CNc1cc(C)nc(C2CCS(=O)(=O)C2)n1. The van der Waals surface area contributed by atoms with Crippen molar-refractivity contribution in [2.75, 3.05) is 23.9 Å². The Labute approximate surface area is 95.2 Å². The predicted octanol–water partition coefficient (Wildman–Crippen LogP) is 0.729. The summed E-state index contributed by atoms with van der Waals surface area (Å²) in [4.78, 5) is 8.63. The van der Waals surface area contributed by atoms with E-state index >= 15 is 0 Å². The maximum absolute atomic E-state index is 11.4. The third-order valence-corrected chi connectivity index (χ3v) is 4.49. The molecule has 1 aliphatic rings. The van der Waals surface area contributed by atoms with E-state index in [2.05, 4.69) is 15.3 Å². The van der Waals surface area contributed by atoms with Crippen LogP contribution in [0.3, 0.4) is 0 Å². The quantitative estimate of drug-likeness (QED) is 0.826. The summed E-state index contributed by atoms with van der Waals surface area (Å²) in [6.07, 6.45) is 0.634. The zero-order chi connectivity index (χ0) is 11.8. The van der Waals surface area contributed by atoms with Gasteiger partial charge in [-0.1, -0.05) is 0 Å². The smallest absolute Gasteiger partial charge is 0.151 e. The van der Waals surface area contributed by atoms with E-state index in [9.17, 15) is 8.42 Å². The van der Waals surface area contributed by atoms with Gasteiger partial charge in [0.25, 0.3) is 0 Å². The highest BCUT2D eigenvalue weighted by atomic mass is 32.2. The Morgan fingerprint density at radius 3 is 2.75 bits per heavy atom. The standard InChI is InChI=1S/C10H15N3O2S/c1-7-5-9(11-2)13-10(12-7)8-3-4-16(14,15)6-8/h5,8H,3-4,6H2,1-2H3,(H,11,12,13). The van der Waals surface area contributed by atoms with Gasteiger partial charge in [-0.2, -0.15) is 0 Å². The first-order valence-corrected chi connectivity index (χ1v) is 7.06. The molecule has 0 amide bonds. The van der Waals surface area contributed by atoms with Gasteiger partial charge in [-0.25, -0.2) is 18.4 Å². The molecule has 16 heavy (non-hydrogen) atoms. The van der Waals surface area contributed by atoms with E-state index in [1.165, 1.54) is 0 Å². The van der Waals surface area contributed by atoms with E-state index in [0.29, 0.717) is 12.2 Å². The van der Waals surface area contributed by atoms with Crippen LogP contribution in [0.25, 0.3) is 0 Å². The average molecular weight is 241 g/mol. The maximum atomic E-state index is 11.4. The van der Waals surface area contributed by atoms with Gasteiger partial charge in [0.05, 0.1) is 11.5 Å². The lowest BCUT2D eigenvalue weighted by Gasteiger charge is -2.09. The van der Waals surface area contributed by atoms with Crippen molar-refractivity contribution in [2.45, 2.75) is 19.3 Å². The summed E-state index contributed by atoms with van der Waals surface area (Å²) in [6.45, 7) is 1.88. The molecule has 0 radical (unpaired) electrons. The summed E-state index contributed by atoms with van der Waals surface area (Å²) in [5.41, 5.74) is 0.860. The number of nitrogens with one attached hydrogen (secondary N) is 1. The zero-order valence-electron chi connectivity index (χ0n) is 9.40. The van der Waals surface area contributed by atoms with E-state index in [4.69, 9.17) is 0 Å². The third-order valence-electron chi connectivity index (χ3n) is 2.73. The molecule has 1 aromatic heterocycles. The highest BCUT2D eigenvalue weighted by Gasteiger charge is 2.31. The molecule has 1 N–H and O–H groups in total. The fraction of sp³-hybridized carbons (Fsp3) is 0.600. The minimum Gasteiger partial charge on any atom is -0.373 e. The predicted molar refractivity (Wildman–Crippen MR) is 62.3 cm³/mol. The number of hydrogen-bond acceptors (Lipinski definition) is 5. The number of aromatic nitrogens is 2. The first kappa shape index (κ1) is 11.3. The number of aryl methyl sites for hydroxylation is 1. The van der Waals surface area contributed by atoms with Crippen molar-refractivity contribution in [3.8, 4) is 0 Å². The molecule has 1 fully saturated rings. The molecule has 1 unspecified atom stereocenters. The van der Waals surface area contributed by atoms with Crippen LogP contribution in [0.15, 0.2) is 6.07 Å². The Morgan fingerprint density at radius 2 is 2.19 bits per heavy atom. The maximum Gasteiger partial charge on any atom is 0.151 e. The number of hydrogen-bond donors (Lipinski definition) is 1. The Balaban J connectivity index is 2.31. The Morgan fingerprint density at radius 1 is 1.44 bits per heavy atom. The van der Waals surface area contributed by atoms with Gasteiger partial charge in [-0.05, 0) is 13.3 Å². The molecule has 2 rings (SSSR count). The molecule has 0 bridgehead atoms. The Bertz CT molecular complexity index is 499. The van der Waals surface area contributed by atoms with E-state index in [1.54, 1.807) is 7.05 Å². The average Bonchev–Trinajstić information content (AvgIpc) is 2.58. The van der Waals surface area contributed by atoms with Crippen molar-refractivity contribution < 1.29 is 8.42 Å². The number of rotatable bonds is 2. The van der Waals surface area contributed by atoms with Gasteiger partial charge in [0.1, 0.15) is 11.6 Å². The summed E-state index contributed by atoms with van der Waals surface area (Å²) in [6, 6.07) is 1.84. The fourth-order valence-corrected chi connectivity index (χ4v) is 3.64. The van der Waals surface area contributed by atoms with Gasteiger partial charge >= 0.3 is 0 Å². The molecule has 1 atom stereocenters. The van der Waals surface area contributed by atoms with Crippen LogP contribution < -0.4 is 5.32 Å². The number of sulfone groups is 1. The van der Waals surface area contributed by atoms with Gasteiger partial charge in [0, 0.05) is 24.7 Å². The van der Waals surface area contributed by atoms with Gasteiger partial charge in [-0.15, -0.1) is 0 Å². The topological polar surface area (TPSA) is 72.0 Å². The normalized spacial score (nSPS) is 23.2. The molecule has 2 heterocycles. The van der Waals surface area contributed by atoms with E-state index in [1.807, 2.05) is 13.0 Å². The molecule has 0 aromatic carbocycles. The van der Waals surface area contributed by atoms with Crippen LogP contribution in [-0.4, -0.2) is 36.9 Å². The monoisotopic (exact) mass is 241 g/mol. The second-order valence-corrected chi connectivity index (χ2v) is 6.33. The molecule has 1 aromatic rings. The van der Waals surface area contributed by atoms with Crippen LogP contribution in [0, 0.1) is 6.92 Å². The molecular formula is C10H15N3O2S. The van der Waals surface area contributed by atoms with Crippen molar-refractivity contribution in [1.29, 1.82) is 0 Å². The summed E-state index contributed by atoms with van der Waals surface area (Å²) >= 11 is 0. The molecule has 88 valence electrons. The minimum absolute atomic E-state index is 0.0444. The molecule has 0 aliphatic carbocycles. The van der Waals surface area contributed by atoms with Crippen LogP contribution in [-0.2, 0) is 9.84 Å². The second-order valence-electron chi connectivity index (χ2n) is 4.10. The molecule has 0 spiro atoms. The number of anilines is 1. The van der Waals surface area contributed by atoms with Crippen LogP contribution in [0.5, 0.6) is 0 Å².